The fourth-order valence-electron chi connectivity index (χ4n) is 4.84. The average Bonchev–Trinajstić information content (AvgIpc) is 2.81. The second kappa shape index (κ2) is 11.1. The molecule has 2 aromatic carbocycles. The molecular weight excluding hydrogens is 372 g/mol. The van der Waals surface area contributed by atoms with Crippen molar-refractivity contribution in [3.05, 3.63) is 60.2 Å². The van der Waals surface area contributed by atoms with E-state index < -0.39 is 6.10 Å². The van der Waals surface area contributed by atoms with E-state index in [1.807, 2.05) is 6.07 Å². The molecule has 1 aliphatic heterocycles. The summed E-state index contributed by atoms with van der Waals surface area (Å²) in [6.45, 7) is 6.07. The second-order valence-corrected chi connectivity index (χ2v) is 8.86. The lowest BCUT2D eigenvalue weighted by Crippen LogP contribution is -2.52. The van der Waals surface area contributed by atoms with Crippen LogP contribution in [0.4, 0.5) is 0 Å². The van der Waals surface area contributed by atoms with Crippen molar-refractivity contribution < 1.29 is 9.84 Å². The maximum atomic E-state index is 10.4. The van der Waals surface area contributed by atoms with E-state index in [4.69, 9.17) is 4.74 Å². The first kappa shape index (κ1) is 21.5. The van der Waals surface area contributed by atoms with Gasteiger partial charge in [-0.1, -0.05) is 73.9 Å². The van der Waals surface area contributed by atoms with Crippen molar-refractivity contribution in [1.82, 2.24) is 9.80 Å². The lowest BCUT2D eigenvalue weighted by Gasteiger charge is -2.41. The summed E-state index contributed by atoms with van der Waals surface area (Å²) in [7, 11) is 0. The molecular formula is C26H36N2O2. The molecule has 162 valence electrons. The molecule has 1 heterocycles. The number of hydrogen-bond donors (Lipinski definition) is 1. The van der Waals surface area contributed by atoms with Gasteiger partial charge in [0.15, 0.2) is 0 Å². The molecule has 30 heavy (non-hydrogen) atoms. The van der Waals surface area contributed by atoms with Gasteiger partial charge in [0.05, 0.1) is 19.3 Å². The molecule has 1 aliphatic carbocycles. The number of rotatable bonds is 8. The van der Waals surface area contributed by atoms with Crippen LogP contribution in [0.2, 0.25) is 0 Å². The number of nitrogens with zero attached hydrogens (tertiary/aromatic N) is 2. The van der Waals surface area contributed by atoms with Gasteiger partial charge in [0, 0.05) is 38.8 Å². The van der Waals surface area contributed by atoms with Crippen LogP contribution in [0.1, 0.15) is 37.7 Å². The highest BCUT2D eigenvalue weighted by Crippen LogP contribution is 2.23. The molecule has 0 bridgehead atoms. The molecule has 4 heteroatoms. The normalized spacial score (nSPS) is 20.3. The van der Waals surface area contributed by atoms with Crippen LogP contribution in [0, 0.1) is 0 Å². The molecule has 2 aliphatic rings. The van der Waals surface area contributed by atoms with E-state index in [9.17, 15) is 5.11 Å². The summed E-state index contributed by atoms with van der Waals surface area (Å²) in [4.78, 5) is 5.07. The van der Waals surface area contributed by atoms with E-state index in [1.165, 1.54) is 43.2 Å². The van der Waals surface area contributed by atoms with Gasteiger partial charge in [-0.05, 0) is 29.5 Å². The van der Waals surface area contributed by atoms with Gasteiger partial charge in [-0.15, -0.1) is 0 Å². The predicted octanol–water partition coefficient (Wildman–Crippen LogP) is 4.18. The number of hydrogen-bond acceptors (Lipinski definition) is 4. The largest absolute Gasteiger partial charge is 0.389 e. The Morgan fingerprint density at radius 3 is 2.20 bits per heavy atom. The first-order valence-corrected chi connectivity index (χ1v) is 11.6. The van der Waals surface area contributed by atoms with Crippen molar-refractivity contribution in [2.75, 3.05) is 39.3 Å². The molecule has 0 radical (unpaired) electrons. The Hall–Kier alpha value is -1.72. The Morgan fingerprint density at radius 2 is 1.50 bits per heavy atom. The summed E-state index contributed by atoms with van der Waals surface area (Å²) < 4.78 is 5.80. The van der Waals surface area contributed by atoms with Gasteiger partial charge in [0.25, 0.3) is 0 Å². The van der Waals surface area contributed by atoms with Crippen LogP contribution < -0.4 is 0 Å². The molecule has 4 nitrogen and oxygen atoms in total. The Morgan fingerprint density at radius 1 is 0.833 bits per heavy atom. The van der Waals surface area contributed by atoms with Crippen LogP contribution >= 0.6 is 0 Å². The van der Waals surface area contributed by atoms with Gasteiger partial charge in [0.1, 0.15) is 0 Å². The van der Waals surface area contributed by atoms with Crippen molar-refractivity contribution in [3.8, 4) is 11.1 Å². The highest BCUT2D eigenvalue weighted by molar-refractivity contribution is 5.63. The molecule has 2 aromatic rings. The monoisotopic (exact) mass is 408 g/mol. The number of benzene rings is 2. The molecule has 1 saturated heterocycles. The summed E-state index contributed by atoms with van der Waals surface area (Å²) in [5.41, 5.74) is 3.58. The predicted molar refractivity (Wildman–Crippen MR) is 122 cm³/mol. The SMILES string of the molecule is O[C@H](COCc1ccc(-c2ccccc2)cc1)CN1CCN(C2CCCCC2)CC1. The summed E-state index contributed by atoms with van der Waals surface area (Å²) >= 11 is 0. The Labute approximate surface area is 181 Å². The van der Waals surface area contributed by atoms with Gasteiger partial charge in [0.2, 0.25) is 0 Å². The third-order valence-electron chi connectivity index (χ3n) is 6.61. The van der Waals surface area contributed by atoms with Gasteiger partial charge < -0.3 is 9.84 Å². The molecule has 4 rings (SSSR count). The lowest BCUT2D eigenvalue weighted by atomic mass is 9.94. The van der Waals surface area contributed by atoms with Crippen molar-refractivity contribution in [2.45, 2.75) is 50.9 Å². The van der Waals surface area contributed by atoms with Crippen molar-refractivity contribution >= 4 is 0 Å². The van der Waals surface area contributed by atoms with Crippen LogP contribution in [0.15, 0.2) is 54.6 Å². The van der Waals surface area contributed by atoms with Crippen molar-refractivity contribution in [1.29, 1.82) is 0 Å². The van der Waals surface area contributed by atoms with E-state index in [1.54, 1.807) is 0 Å². The minimum atomic E-state index is -0.421. The highest BCUT2D eigenvalue weighted by atomic mass is 16.5. The zero-order valence-electron chi connectivity index (χ0n) is 18.1. The Kier molecular flexibility index (Phi) is 7.93. The van der Waals surface area contributed by atoms with Gasteiger partial charge in [-0.25, -0.2) is 0 Å². The van der Waals surface area contributed by atoms with E-state index in [0.29, 0.717) is 19.8 Å². The number of aliphatic hydroxyl groups excluding tert-OH is 1. The molecule has 1 saturated carbocycles. The van der Waals surface area contributed by atoms with Gasteiger partial charge in [-0.2, -0.15) is 0 Å². The fourth-order valence-corrected chi connectivity index (χ4v) is 4.84. The standard InChI is InChI=1S/C26H36N2O2/c29-26(19-27-15-17-28(18-16-27)25-9-5-2-6-10-25)21-30-20-22-11-13-24(14-12-22)23-7-3-1-4-8-23/h1,3-4,7-8,11-14,25-26,29H,2,5-6,9-10,15-21H2/t26-/m0/s1. The van der Waals surface area contributed by atoms with Crippen LogP contribution in [0.25, 0.3) is 11.1 Å². The third-order valence-corrected chi connectivity index (χ3v) is 6.61. The lowest BCUT2D eigenvalue weighted by molar-refractivity contribution is -0.00361. The number of ether oxygens (including phenoxy) is 1. The van der Waals surface area contributed by atoms with E-state index in [0.717, 1.165) is 37.8 Å². The smallest absolute Gasteiger partial charge is 0.0900 e. The minimum absolute atomic E-state index is 0.392. The van der Waals surface area contributed by atoms with Crippen LogP contribution in [-0.4, -0.2) is 66.4 Å². The quantitative estimate of drug-likeness (QED) is 0.711. The molecule has 2 fully saturated rings. The van der Waals surface area contributed by atoms with Crippen molar-refractivity contribution in [2.24, 2.45) is 0 Å². The van der Waals surface area contributed by atoms with Crippen LogP contribution in [0.5, 0.6) is 0 Å². The summed E-state index contributed by atoms with van der Waals surface area (Å²) in [5, 5.41) is 10.4. The van der Waals surface area contributed by atoms with Gasteiger partial charge >= 0.3 is 0 Å². The zero-order valence-corrected chi connectivity index (χ0v) is 18.1. The number of aliphatic hydroxyl groups is 1. The molecule has 0 amide bonds. The molecule has 0 unspecified atom stereocenters. The average molecular weight is 409 g/mol. The zero-order chi connectivity index (χ0) is 20.6. The maximum Gasteiger partial charge on any atom is 0.0900 e. The first-order valence-electron chi connectivity index (χ1n) is 11.6. The van der Waals surface area contributed by atoms with Crippen LogP contribution in [-0.2, 0) is 11.3 Å². The van der Waals surface area contributed by atoms with Gasteiger partial charge in [-0.3, -0.25) is 9.80 Å². The van der Waals surface area contributed by atoms with E-state index in [2.05, 4.69) is 58.3 Å². The first-order chi connectivity index (χ1) is 14.8. The molecule has 1 N–H and O–H groups in total. The highest BCUT2D eigenvalue weighted by Gasteiger charge is 2.25. The van der Waals surface area contributed by atoms with E-state index in [-0.39, 0.29) is 0 Å². The minimum Gasteiger partial charge on any atom is -0.389 e. The van der Waals surface area contributed by atoms with Crippen LogP contribution in [0.3, 0.4) is 0 Å². The summed E-state index contributed by atoms with van der Waals surface area (Å²) in [6.07, 6.45) is 6.55. The topological polar surface area (TPSA) is 35.9 Å². The Bertz CT molecular complexity index is 735. The molecule has 0 aromatic heterocycles. The number of β-amino-alcohol motifs (C(OH)–C–C–N with tert-alkyl or cyclic N) is 1. The maximum absolute atomic E-state index is 10.4. The summed E-state index contributed by atoms with van der Waals surface area (Å²) in [5.74, 6) is 0. The van der Waals surface area contributed by atoms with Crippen molar-refractivity contribution in [3.63, 3.8) is 0 Å². The third kappa shape index (κ3) is 6.14. The summed E-state index contributed by atoms with van der Waals surface area (Å²) in [6, 6.07) is 19.7. The Balaban J connectivity index is 1.14. The molecule has 1 atom stereocenters. The second-order valence-electron chi connectivity index (χ2n) is 8.86. The fraction of sp³-hybridized carbons (Fsp3) is 0.538. The van der Waals surface area contributed by atoms with E-state index >= 15 is 0 Å². The number of piperazine rings is 1. The molecule has 0 spiro atoms.